The van der Waals surface area contributed by atoms with E-state index in [0.717, 1.165) is 36.3 Å². The molecule has 6 heteroatoms. The molecule has 2 aromatic rings. The number of rotatable bonds is 4. The monoisotopic (exact) mass is 341 g/mol. The summed E-state index contributed by atoms with van der Waals surface area (Å²) in [6, 6.07) is 7.43. The van der Waals surface area contributed by atoms with E-state index in [1.54, 1.807) is 6.20 Å². The highest BCUT2D eigenvalue weighted by Crippen LogP contribution is 2.34. The number of nitrogens with one attached hydrogen (secondary N) is 2. The van der Waals surface area contributed by atoms with Crippen molar-refractivity contribution in [3.8, 4) is 11.5 Å². The second kappa shape index (κ2) is 6.52. The summed E-state index contributed by atoms with van der Waals surface area (Å²) in [5, 5.41) is 5.89. The summed E-state index contributed by atoms with van der Waals surface area (Å²) in [5.41, 5.74) is 1.63. The Balaban J connectivity index is 1.36. The van der Waals surface area contributed by atoms with Gasteiger partial charge in [-0.2, -0.15) is 0 Å². The zero-order chi connectivity index (χ0) is 17.4. The van der Waals surface area contributed by atoms with Gasteiger partial charge in [0.1, 0.15) is 5.76 Å². The maximum atomic E-state index is 12.2. The Labute approximate surface area is 147 Å². The highest BCUT2D eigenvalue weighted by Gasteiger charge is 2.41. The molecule has 0 spiro atoms. The molecule has 2 aliphatic heterocycles. The van der Waals surface area contributed by atoms with Crippen molar-refractivity contribution in [2.24, 2.45) is 0 Å². The molecule has 1 aromatic carbocycles. The second-order valence-electron chi connectivity index (χ2n) is 7.11. The number of urea groups is 1. The van der Waals surface area contributed by atoms with Gasteiger partial charge in [0.15, 0.2) is 0 Å². The lowest BCUT2D eigenvalue weighted by Crippen LogP contribution is -2.43. The molecule has 3 atom stereocenters. The first-order valence-electron chi connectivity index (χ1n) is 8.87. The molecule has 2 bridgehead atoms. The van der Waals surface area contributed by atoms with Crippen molar-refractivity contribution in [1.82, 2.24) is 10.3 Å². The predicted octanol–water partition coefficient (Wildman–Crippen LogP) is 3.91. The van der Waals surface area contributed by atoms with E-state index < -0.39 is 0 Å². The molecule has 6 nitrogen and oxygen atoms in total. The number of aromatic nitrogens is 1. The average Bonchev–Trinajstić information content (AvgIpc) is 3.32. The van der Waals surface area contributed by atoms with Crippen molar-refractivity contribution in [3.05, 3.63) is 36.2 Å². The van der Waals surface area contributed by atoms with Crippen molar-refractivity contribution in [2.45, 2.75) is 57.3 Å². The first-order valence-corrected chi connectivity index (χ1v) is 8.87. The summed E-state index contributed by atoms with van der Waals surface area (Å²) in [7, 11) is 0. The van der Waals surface area contributed by atoms with Crippen LogP contribution in [0.25, 0.3) is 11.5 Å². The van der Waals surface area contributed by atoms with Crippen LogP contribution >= 0.6 is 0 Å². The normalized spacial score (nSPS) is 24.7. The standard InChI is InChI=1S/C19H23N3O3/c1-11(2)17-10-20-18(25-17)12-3-5-13(6-4-12)21-19(23)22-15-9-14-7-8-16(15)24-14/h3-6,10-11,14-16H,7-9H2,1-2H3,(H2,21,22,23)/t14-,15+,16-/m1/s1. The smallest absolute Gasteiger partial charge is 0.319 e. The van der Waals surface area contributed by atoms with Gasteiger partial charge in [0.25, 0.3) is 0 Å². The van der Waals surface area contributed by atoms with Crippen LogP contribution in [0.3, 0.4) is 0 Å². The minimum Gasteiger partial charge on any atom is -0.441 e. The lowest BCUT2D eigenvalue weighted by Gasteiger charge is -2.20. The van der Waals surface area contributed by atoms with Gasteiger partial charge in [-0.05, 0) is 43.5 Å². The molecule has 1 aromatic heterocycles. The lowest BCUT2D eigenvalue weighted by atomic mass is 9.96. The number of anilines is 1. The van der Waals surface area contributed by atoms with Crippen LogP contribution in [0.1, 0.15) is 44.8 Å². The van der Waals surface area contributed by atoms with Gasteiger partial charge in [-0.25, -0.2) is 9.78 Å². The highest BCUT2D eigenvalue weighted by atomic mass is 16.5. The van der Waals surface area contributed by atoms with Crippen molar-refractivity contribution in [1.29, 1.82) is 0 Å². The Morgan fingerprint density at radius 2 is 2.04 bits per heavy atom. The highest BCUT2D eigenvalue weighted by molar-refractivity contribution is 5.89. The predicted molar refractivity (Wildman–Crippen MR) is 94.5 cm³/mol. The SMILES string of the molecule is CC(C)c1cnc(-c2ccc(NC(=O)N[C@H]3C[C@H]4CC[C@H]3O4)cc2)o1. The zero-order valence-electron chi connectivity index (χ0n) is 14.5. The summed E-state index contributed by atoms with van der Waals surface area (Å²) in [5.74, 6) is 1.77. The van der Waals surface area contributed by atoms with Crippen LogP contribution in [-0.2, 0) is 4.74 Å². The number of fused-ring (bicyclic) bond motifs is 2. The lowest BCUT2D eigenvalue weighted by molar-refractivity contribution is 0.0984. The Bertz CT molecular complexity index is 754. The van der Waals surface area contributed by atoms with Gasteiger partial charge in [0.05, 0.1) is 24.4 Å². The first-order chi connectivity index (χ1) is 12.1. The fourth-order valence-electron chi connectivity index (χ4n) is 3.51. The maximum absolute atomic E-state index is 12.2. The Morgan fingerprint density at radius 3 is 2.64 bits per heavy atom. The van der Waals surface area contributed by atoms with E-state index >= 15 is 0 Å². The fraction of sp³-hybridized carbons (Fsp3) is 0.474. The summed E-state index contributed by atoms with van der Waals surface area (Å²) < 4.78 is 11.5. The molecule has 4 rings (SSSR count). The van der Waals surface area contributed by atoms with E-state index in [1.165, 1.54) is 0 Å². The van der Waals surface area contributed by atoms with Crippen LogP contribution in [0.15, 0.2) is 34.9 Å². The van der Waals surface area contributed by atoms with Crippen molar-refractivity contribution < 1.29 is 13.9 Å². The number of oxazole rings is 1. The molecule has 132 valence electrons. The summed E-state index contributed by atoms with van der Waals surface area (Å²) in [6.07, 6.45) is 5.34. The molecule has 0 radical (unpaired) electrons. The largest absolute Gasteiger partial charge is 0.441 e. The number of carbonyl (C=O) groups excluding carboxylic acids is 1. The minimum absolute atomic E-state index is 0.125. The van der Waals surface area contributed by atoms with Gasteiger partial charge in [0, 0.05) is 17.2 Å². The third-order valence-corrected chi connectivity index (χ3v) is 4.90. The number of hydrogen-bond acceptors (Lipinski definition) is 4. The van der Waals surface area contributed by atoms with E-state index in [-0.39, 0.29) is 18.2 Å². The van der Waals surface area contributed by atoms with Gasteiger partial charge in [-0.1, -0.05) is 13.8 Å². The van der Waals surface area contributed by atoms with Crippen LogP contribution in [0.2, 0.25) is 0 Å². The molecule has 2 aliphatic rings. The molecule has 2 fully saturated rings. The molecular weight excluding hydrogens is 318 g/mol. The number of benzene rings is 1. The van der Waals surface area contributed by atoms with E-state index in [0.29, 0.717) is 17.9 Å². The second-order valence-corrected chi connectivity index (χ2v) is 7.11. The van der Waals surface area contributed by atoms with E-state index in [1.807, 2.05) is 24.3 Å². The van der Waals surface area contributed by atoms with Crippen LogP contribution in [0.5, 0.6) is 0 Å². The number of nitrogens with zero attached hydrogens (tertiary/aromatic N) is 1. The summed E-state index contributed by atoms with van der Waals surface area (Å²) in [6.45, 7) is 4.13. The Kier molecular flexibility index (Phi) is 4.21. The molecule has 25 heavy (non-hydrogen) atoms. The van der Waals surface area contributed by atoms with Gasteiger partial charge < -0.3 is 19.8 Å². The van der Waals surface area contributed by atoms with Crippen LogP contribution < -0.4 is 10.6 Å². The average molecular weight is 341 g/mol. The minimum atomic E-state index is -0.188. The third-order valence-electron chi connectivity index (χ3n) is 4.90. The van der Waals surface area contributed by atoms with Gasteiger partial charge in [0.2, 0.25) is 5.89 Å². The molecule has 3 heterocycles. The van der Waals surface area contributed by atoms with E-state index in [9.17, 15) is 4.79 Å². The molecule has 0 saturated carbocycles. The quantitative estimate of drug-likeness (QED) is 0.884. The summed E-state index contributed by atoms with van der Waals surface area (Å²) >= 11 is 0. The topological polar surface area (TPSA) is 76.4 Å². The molecule has 2 N–H and O–H groups in total. The Hall–Kier alpha value is -2.34. The molecule has 2 amide bonds. The maximum Gasteiger partial charge on any atom is 0.319 e. The van der Waals surface area contributed by atoms with Gasteiger partial charge >= 0.3 is 6.03 Å². The van der Waals surface area contributed by atoms with Crippen molar-refractivity contribution in [2.75, 3.05) is 5.32 Å². The third kappa shape index (κ3) is 3.39. The zero-order valence-corrected chi connectivity index (χ0v) is 14.5. The van der Waals surface area contributed by atoms with Crippen molar-refractivity contribution in [3.63, 3.8) is 0 Å². The molecule has 2 saturated heterocycles. The van der Waals surface area contributed by atoms with Gasteiger partial charge in [-0.3, -0.25) is 0 Å². The van der Waals surface area contributed by atoms with Crippen LogP contribution in [0.4, 0.5) is 10.5 Å². The number of hydrogen-bond donors (Lipinski definition) is 2. The number of amides is 2. The summed E-state index contributed by atoms with van der Waals surface area (Å²) in [4.78, 5) is 16.5. The Morgan fingerprint density at radius 1 is 1.24 bits per heavy atom. The number of carbonyl (C=O) groups is 1. The van der Waals surface area contributed by atoms with Gasteiger partial charge in [-0.15, -0.1) is 0 Å². The van der Waals surface area contributed by atoms with Crippen molar-refractivity contribution >= 4 is 11.7 Å². The van der Waals surface area contributed by atoms with E-state index in [4.69, 9.17) is 9.15 Å². The fourth-order valence-corrected chi connectivity index (χ4v) is 3.51. The van der Waals surface area contributed by atoms with E-state index in [2.05, 4.69) is 29.5 Å². The molecule has 0 unspecified atom stereocenters. The first kappa shape index (κ1) is 16.1. The molecular formula is C19H23N3O3. The number of ether oxygens (including phenoxy) is 1. The molecule has 0 aliphatic carbocycles. The van der Waals surface area contributed by atoms with Crippen LogP contribution in [-0.4, -0.2) is 29.3 Å². The van der Waals surface area contributed by atoms with Crippen LogP contribution in [0, 0.1) is 0 Å².